The van der Waals surface area contributed by atoms with Gasteiger partial charge in [-0.3, -0.25) is 19.2 Å². The molecule has 2 unspecified atom stereocenters. The molecule has 0 bridgehead atoms. The number of hydrogen-bond acceptors (Lipinski definition) is 7. The van der Waals surface area contributed by atoms with Gasteiger partial charge in [-0.1, -0.05) is 37.3 Å². The van der Waals surface area contributed by atoms with Gasteiger partial charge in [-0.2, -0.15) is 0 Å². The molecule has 1 aliphatic heterocycles. The second-order valence-electron chi connectivity index (χ2n) is 8.75. The van der Waals surface area contributed by atoms with Gasteiger partial charge in [0.05, 0.1) is 36.7 Å². The SMILES string of the molecule is CCC(NC(=O)C(CC(=O)N1CCOCC1)CS(=O)(=O)Cc1ccccc1)C(=O)C(=O)N(CC)CC. The molecule has 1 aromatic rings. The van der Waals surface area contributed by atoms with Crippen LogP contribution in [0.5, 0.6) is 0 Å². The number of Topliss-reactive ketones (excluding diaryl/α,β-unsaturated/α-hetero) is 1. The van der Waals surface area contributed by atoms with E-state index < -0.39 is 45.1 Å². The fraction of sp³-hybridized carbons (Fsp3) is 0.600. The second kappa shape index (κ2) is 14.1. The van der Waals surface area contributed by atoms with Crippen LogP contribution in [0.2, 0.25) is 0 Å². The summed E-state index contributed by atoms with van der Waals surface area (Å²) < 4.78 is 31.2. The third-order valence-corrected chi connectivity index (χ3v) is 7.83. The third-order valence-electron chi connectivity index (χ3n) is 6.14. The number of benzene rings is 1. The van der Waals surface area contributed by atoms with Crippen LogP contribution in [0.15, 0.2) is 30.3 Å². The quantitative estimate of drug-likeness (QED) is 0.379. The van der Waals surface area contributed by atoms with E-state index in [1.165, 1.54) is 4.90 Å². The highest BCUT2D eigenvalue weighted by molar-refractivity contribution is 7.90. The van der Waals surface area contributed by atoms with Gasteiger partial charge in [-0.05, 0) is 25.8 Å². The first kappa shape index (κ1) is 29.4. The summed E-state index contributed by atoms with van der Waals surface area (Å²) in [7, 11) is -3.77. The lowest BCUT2D eigenvalue weighted by atomic mass is 10.0. The third kappa shape index (κ3) is 8.70. The molecule has 3 amide bonds. The van der Waals surface area contributed by atoms with Gasteiger partial charge in [-0.25, -0.2) is 8.42 Å². The van der Waals surface area contributed by atoms with Crippen molar-refractivity contribution in [2.75, 3.05) is 45.1 Å². The Morgan fingerprint density at radius 3 is 2.19 bits per heavy atom. The lowest BCUT2D eigenvalue weighted by molar-refractivity contribution is -0.146. The smallest absolute Gasteiger partial charge is 0.292 e. The molecule has 1 fully saturated rings. The molecule has 0 radical (unpaired) electrons. The molecule has 0 spiro atoms. The summed E-state index contributed by atoms with van der Waals surface area (Å²) in [5.74, 6) is -4.60. The minimum atomic E-state index is -3.77. The maximum atomic E-state index is 13.2. The minimum Gasteiger partial charge on any atom is -0.378 e. The Balaban J connectivity index is 2.21. The first-order valence-electron chi connectivity index (χ1n) is 12.3. The molecule has 36 heavy (non-hydrogen) atoms. The highest BCUT2D eigenvalue weighted by Gasteiger charge is 2.34. The number of rotatable bonds is 13. The average Bonchev–Trinajstić information content (AvgIpc) is 2.87. The van der Waals surface area contributed by atoms with Gasteiger partial charge in [0.1, 0.15) is 0 Å². The monoisotopic (exact) mass is 523 g/mol. The highest BCUT2D eigenvalue weighted by atomic mass is 32.2. The Kier molecular flexibility index (Phi) is 11.5. The summed E-state index contributed by atoms with van der Waals surface area (Å²) in [6, 6.07) is 7.47. The van der Waals surface area contributed by atoms with Gasteiger partial charge in [0, 0.05) is 32.6 Å². The summed E-state index contributed by atoms with van der Waals surface area (Å²) in [5.41, 5.74) is 0.572. The van der Waals surface area contributed by atoms with Gasteiger partial charge in [0.2, 0.25) is 17.6 Å². The first-order chi connectivity index (χ1) is 17.1. The number of carbonyl (C=O) groups excluding carboxylic acids is 4. The van der Waals surface area contributed by atoms with Crippen molar-refractivity contribution >= 4 is 33.3 Å². The van der Waals surface area contributed by atoms with Gasteiger partial charge in [0.25, 0.3) is 5.91 Å². The van der Waals surface area contributed by atoms with Crippen LogP contribution in [0.3, 0.4) is 0 Å². The normalized spacial score (nSPS) is 15.6. The van der Waals surface area contributed by atoms with Gasteiger partial charge in [-0.15, -0.1) is 0 Å². The number of hydrogen-bond donors (Lipinski definition) is 1. The Labute approximate surface area is 213 Å². The summed E-state index contributed by atoms with van der Waals surface area (Å²) in [6.45, 7) is 7.30. The number of likely N-dealkylation sites (N-methyl/N-ethyl adjacent to an activating group) is 1. The maximum Gasteiger partial charge on any atom is 0.292 e. The summed E-state index contributed by atoms with van der Waals surface area (Å²) >= 11 is 0. The molecule has 1 aliphatic rings. The van der Waals surface area contributed by atoms with E-state index in [0.717, 1.165) is 0 Å². The topological polar surface area (TPSA) is 130 Å². The maximum absolute atomic E-state index is 13.2. The van der Waals surface area contributed by atoms with E-state index in [1.807, 2.05) is 0 Å². The first-order valence-corrected chi connectivity index (χ1v) is 14.2. The van der Waals surface area contributed by atoms with Crippen LogP contribution in [0.1, 0.15) is 39.2 Å². The molecule has 1 heterocycles. The van der Waals surface area contributed by atoms with Crippen molar-refractivity contribution in [2.24, 2.45) is 5.92 Å². The van der Waals surface area contributed by atoms with Crippen molar-refractivity contribution in [3.05, 3.63) is 35.9 Å². The van der Waals surface area contributed by atoms with Crippen LogP contribution >= 0.6 is 0 Å². The van der Waals surface area contributed by atoms with Crippen molar-refractivity contribution in [1.82, 2.24) is 15.1 Å². The van der Waals surface area contributed by atoms with E-state index in [0.29, 0.717) is 45.0 Å². The number of nitrogens with one attached hydrogen (secondary N) is 1. The number of ether oxygens (including phenoxy) is 1. The number of ketones is 1. The number of sulfone groups is 1. The van der Waals surface area contributed by atoms with Crippen LogP contribution < -0.4 is 5.32 Å². The standard InChI is InChI=1S/C25H37N3O7S/c1-4-21(23(30)25(32)27(5-2)6-3)26-24(31)20(16-22(29)28-12-14-35-15-13-28)18-36(33,34)17-19-10-8-7-9-11-19/h7-11,20-21H,4-6,12-18H2,1-3H3,(H,26,31). The van der Waals surface area contributed by atoms with E-state index in [4.69, 9.17) is 4.74 Å². The van der Waals surface area contributed by atoms with Crippen molar-refractivity contribution in [3.8, 4) is 0 Å². The van der Waals surface area contributed by atoms with E-state index >= 15 is 0 Å². The van der Waals surface area contributed by atoms with Crippen molar-refractivity contribution in [3.63, 3.8) is 0 Å². The highest BCUT2D eigenvalue weighted by Crippen LogP contribution is 2.16. The summed E-state index contributed by atoms with van der Waals surface area (Å²) in [6.07, 6.45) is -0.174. The van der Waals surface area contributed by atoms with Crippen LogP contribution in [-0.4, -0.2) is 92.9 Å². The van der Waals surface area contributed by atoms with Crippen molar-refractivity contribution in [2.45, 2.75) is 45.4 Å². The summed E-state index contributed by atoms with van der Waals surface area (Å²) in [5, 5.41) is 2.55. The van der Waals surface area contributed by atoms with Gasteiger partial charge in [0.15, 0.2) is 9.84 Å². The zero-order valence-electron chi connectivity index (χ0n) is 21.3. The van der Waals surface area contributed by atoms with E-state index in [-0.39, 0.29) is 24.5 Å². The fourth-order valence-corrected chi connectivity index (χ4v) is 5.73. The molecule has 11 heteroatoms. The summed E-state index contributed by atoms with van der Waals surface area (Å²) in [4.78, 5) is 54.3. The van der Waals surface area contributed by atoms with Crippen LogP contribution in [0.4, 0.5) is 0 Å². The fourth-order valence-electron chi connectivity index (χ4n) is 4.03. The molecule has 1 N–H and O–H groups in total. The number of nitrogens with zero attached hydrogens (tertiary/aromatic N) is 2. The average molecular weight is 524 g/mol. The number of carbonyl (C=O) groups is 4. The molecule has 1 aromatic carbocycles. The molecule has 0 aliphatic carbocycles. The van der Waals surface area contributed by atoms with Crippen molar-refractivity contribution < 1.29 is 32.3 Å². The van der Waals surface area contributed by atoms with Gasteiger partial charge < -0.3 is 19.9 Å². The molecule has 2 atom stereocenters. The largest absolute Gasteiger partial charge is 0.378 e. The Hall–Kier alpha value is -2.79. The molecule has 1 saturated heterocycles. The number of morpholine rings is 1. The predicted octanol–water partition coefficient (Wildman–Crippen LogP) is 0.799. The van der Waals surface area contributed by atoms with Crippen molar-refractivity contribution in [1.29, 1.82) is 0 Å². The lowest BCUT2D eigenvalue weighted by Crippen LogP contribution is -2.51. The van der Waals surface area contributed by atoms with E-state index in [1.54, 1.807) is 56.0 Å². The Bertz CT molecular complexity index is 1000. The molecular formula is C25H37N3O7S. The second-order valence-corrected chi connectivity index (χ2v) is 10.9. The zero-order chi connectivity index (χ0) is 26.7. The lowest BCUT2D eigenvalue weighted by Gasteiger charge is -2.29. The number of amides is 3. The predicted molar refractivity (Wildman–Crippen MR) is 135 cm³/mol. The van der Waals surface area contributed by atoms with Crippen LogP contribution in [-0.2, 0) is 39.5 Å². The van der Waals surface area contributed by atoms with E-state index in [9.17, 15) is 27.6 Å². The molecular weight excluding hydrogens is 486 g/mol. The van der Waals surface area contributed by atoms with E-state index in [2.05, 4.69) is 5.32 Å². The molecule has 0 saturated carbocycles. The zero-order valence-corrected chi connectivity index (χ0v) is 22.1. The molecule has 200 valence electrons. The Morgan fingerprint density at radius 1 is 1.03 bits per heavy atom. The molecule has 2 rings (SSSR count). The molecule has 10 nitrogen and oxygen atoms in total. The minimum absolute atomic E-state index is 0.151. The Morgan fingerprint density at radius 2 is 1.64 bits per heavy atom. The van der Waals surface area contributed by atoms with Gasteiger partial charge >= 0.3 is 0 Å². The van der Waals surface area contributed by atoms with Crippen LogP contribution in [0, 0.1) is 5.92 Å². The van der Waals surface area contributed by atoms with Crippen LogP contribution in [0.25, 0.3) is 0 Å². The molecule has 0 aromatic heterocycles.